The highest BCUT2D eigenvalue weighted by molar-refractivity contribution is 8.00. The second kappa shape index (κ2) is 12.4. The Kier molecular flexibility index (Phi) is 8.34. The van der Waals surface area contributed by atoms with Gasteiger partial charge in [0.15, 0.2) is 0 Å². The molecule has 2 aliphatic rings. The van der Waals surface area contributed by atoms with E-state index < -0.39 is 40.8 Å². The number of aryl methyl sites for hydroxylation is 1. The van der Waals surface area contributed by atoms with Gasteiger partial charge in [0, 0.05) is 22.0 Å². The smallest absolute Gasteiger partial charge is 0.338 e. The number of hydrogen-bond acceptors (Lipinski definition) is 9. The molecule has 1 N–H and O–H groups in total. The number of para-hydroxylation sites is 1. The van der Waals surface area contributed by atoms with Crippen LogP contribution in [0.4, 0.5) is 11.4 Å². The lowest BCUT2D eigenvalue weighted by atomic mass is 9.82. The summed E-state index contributed by atoms with van der Waals surface area (Å²) in [6, 6.07) is 20.7. The summed E-state index contributed by atoms with van der Waals surface area (Å²) in [6.45, 7) is 3.61. The molecule has 0 aliphatic carbocycles. The molecule has 1 saturated heterocycles. The fourth-order valence-electron chi connectivity index (χ4n) is 5.71. The number of anilines is 2. The largest absolute Gasteiger partial charge is 0.496 e. The third-order valence-electron chi connectivity index (χ3n) is 7.80. The van der Waals surface area contributed by atoms with Crippen molar-refractivity contribution in [1.29, 1.82) is 0 Å². The topological polar surface area (TPSA) is 124 Å². The fraction of sp³-hybridized carbons (Fsp3) is 0.242. The summed E-state index contributed by atoms with van der Waals surface area (Å²) in [6.07, 6.45) is 0. The van der Waals surface area contributed by atoms with Crippen LogP contribution in [0.1, 0.15) is 39.2 Å². The molecule has 10 nitrogen and oxygen atoms in total. The van der Waals surface area contributed by atoms with Gasteiger partial charge in [0.05, 0.1) is 35.9 Å². The maximum Gasteiger partial charge on any atom is 0.338 e. The number of nitrogens with one attached hydrogen (secondary N) is 1. The van der Waals surface area contributed by atoms with Crippen LogP contribution >= 0.6 is 23.1 Å². The third-order valence-corrected chi connectivity index (χ3v) is 10.4. The van der Waals surface area contributed by atoms with Gasteiger partial charge >= 0.3 is 10.8 Å². The Labute approximate surface area is 267 Å². The van der Waals surface area contributed by atoms with Crippen LogP contribution in [-0.4, -0.2) is 47.2 Å². The number of methoxy groups -OCH3 is 1. The Bertz CT molecular complexity index is 1860. The first-order chi connectivity index (χ1) is 21.7. The first kappa shape index (κ1) is 30.4. The van der Waals surface area contributed by atoms with Crippen molar-refractivity contribution in [2.45, 2.75) is 36.6 Å². The van der Waals surface area contributed by atoms with Crippen LogP contribution in [0.2, 0.25) is 0 Å². The number of thiazole rings is 1. The van der Waals surface area contributed by atoms with Gasteiger partial charge in [-0.25, -0.2) is 9.69 Å². The van der Waals surface area contributed by atoms with E-state index in [-0.39, 0.29) is 18.0 Å². The number of carbonyl (C=O) groups excluding carboxylic acids is 4. The van der Waals surface area contributed by atoms with Gasteiger partial charge in [0.1, 0.15) is 17.5 Å². The number of aromatic nitrogens is 1. The average Bonchev–Trinajstić information content (AvgIpc) is 3.48. The molecule has 230 valence electrons. The minimum atomic E-state index is -0.870. The van der Waals surface area contributed by atoms with E-state index >= 15 is 0 Å². The molecule has 12 heteroatoms. The Hall–Kier alpha value is -4.68. The first-order valence-electron chi connectivity index (χ1n) is 14.3. The van der Waals surface area contributed by atoms with E-state index in [1.807, 2.05) is 31.2 Å². The first-order valence-corrected chi connectivity index (χ1v) is 16.0. The maximum absolute atomic E-state index is 14.2. The highest BCUT2D eigenvalue weighted by Crippen LogP contribution is 2.55. The third kappa shape index (κ3) is 5.55. The summed E-state index contributed by atoms with van der Waals surface area (Å²) >= 11 is 2.09. The number of fused-ring (bicyclic) bond motifs is 2. The molecule has 3 heterocycles. The van der Waals surface area contributed by atoms with Crippen LogP contribution in [0.25, 0.3) is 0 Å². The van der Waals surface area contributed by atoms with E-state index in [0.29, 0.717) is 38.2 Å². The molecule has 3 aromatic carbocycles. The number of esters is 1. The SMILES string of the molecule is CCOC(=O)c1ccc(N2C(=O)[C@H]3[C@H](c4ccccc4OC)c4sc(=O)n(CC(=O)Nc5ccc(C)cc5)c4S[C@H]3C2=O)cc1. The summed E-state index contributed by atoms with van der Waals surface area (Å²) in [5, 5.41) is 2.43. The van der Waals surface area contributed by atoms with E-state index in [0.717, 1.165) is 33.6 Å². The zero-order valence-corrected chi connectivity index (χ0v) is 26.3. The van der Waals surface area contributed by atoms with Gasteiger partial charge in [-0.05, 0) is 56.3 Å². The molecule has 0 bridgehead atoms. The van der Waals surface area contributed by atoms with E-state index in [4.69, 9.17) is 9.47 Å². The van der Waals surface area contributed by atoms with Crippen molar-refractivity contribution >= 4 is 58.2 Å². The summed E-state index contributed by atoms with van der Waals surface area (Å²) in [5.74, 6) is -2.77. The second-order valence-electron chi connectivity index (χ2n) is 10.6. The Morgan fingerprint density at radius 2 is 1.64 bits per heavy atom. The van der Waals surface area contributed by atoms with Crippen LogP contribution in [0.5, 0.6) is 5.75 Å². The quantitative estimate of drug-likeness (QED) is 0.214. The second-order valence-corrected chi connectivity index (χ2v) is 12.7. The van der Waals surface area contributed by atoms with Crippen LogP contribution in [0, 0.1) is 12.8 Å². The number of nitrogens with zero attached hydrogens (tertiary/aromatic N) is 2. The molecule has 0 spiro atoms. The van der Waals surface area contributed by atoms with Gasteiger partial charge in [0.25, 0.3) is 0 Å². The lowest BCUT2D eigenvalue weighted by Crippen LogP contribution is -2.33. The Morgan fingerprint density at radius 3 is 2.33 bits per heavy atom. The molecule has 1 aromatic heterocycles. The average molecular weight is 644 g/mol. The number of amides is 3. The molecule has 3 amide bonds. The molecular weight excluding hydrogens is 615 g/mol. The molecule has 45 heavy (non-hydrogen) atoms. The number of benzene rings is 3. The van der Waals surface area contributed by atoms with Crippen LogP contribution in [0.3, 0.4) is 0 Å². The molecule has 4 aromatic rings. The number of ether oxygens (including phenoxy) is 2. The fourth-order valence-corrected chi connectivity index (χ4v) is 8.47. The number of thioether (sulfide) groups is 1. The summed E-state index contributed by atoms with van der Waals surface area (Å²) in [7, 11) is 1.52. The number of hydrogen-bond donors (Lipinski definition) is 1. The van der Waals surface area contributed by atoms with Gasteiger partial charge in [-0.1, -0.05) is 59.0 Å². The molecule has 2 aliphatic heterocycles. The summed E-state index contributed by atoms with van der Waals surface area (Å²) in [4.78, 5) is 68.3. The molecule has 0 radical (unpaired) electrons. The predicted molar refractivity (Wildman–Crippen MR) is 171 cm³/mol. The molecule has 0 saturated carbocycles. The van der Waals surface area contributed by atoms with Crippen LogP contribution in [-0.2, 0) is 25.7 Å². The van der Waals surface area contributed by atoms with E-state index in [1.165, 1.54) is 23.8 Å². The number of imide groups is 1. The standard InChI is InChI=1S/C33H29N3O7S2/c1-4-43-32(40)19-11-15-21(16-12-19)36-29(38)26-25(22-7-5-6-8-23(22)42-3)28-31(44-27(26)30(36)39)35(33(41)45-28)17-24(37)34-20-13-9-18(2)10-14-20/h5-16,25-27H,4,17H2,1-3H3,(H,34,37)/t25-,26-,27+/m0/s1. The Morgan fingerprint density at radius 1 is 0.933 bits per heavy atom. The molecular formula is C33H29N3O7S2. The molecule has 6 rings (SSSR count). The van der Waals surface area contributed by atoms with Gasteiger partial charge in [-0.3, -0.25) is 23.7 Å². The van der Waals surface area contributed by atoms with Crippen molar-refractivity contribution in [3.8, 4) is 5.75 Å². The van der Waals surface area contributed by atoms with Crippen molar-refractivity contribution < 1.29 is 28.7 Å². The zero-order valence-electron chi connectivity index (χ0n) is 24.6. The summed E-state index contributed by atoms with van der Waals surface area (Å²) in [5.41, 5.74) is 2.93. The van der Waals surface area contributed by atoms with Crippen LogP contribution in [0.15, 0.2) is 82.6 Å². The highest BCUT2D eigenvalue weighted by atomic mass is 32.2. The molecule has 0 unspecified atom stereocenters. The van der Waals surface area contributed by atoms with Crippen molar-refractivity contribution in [3.63, 3.8) is 0 Å². The van der Waals surface area contributed by atoms with E-state index in [2.05, 4.69) is 5.32 Å². The van der Waals surface area contributed by atoms with Crippen LogP contribution < -0.4 is 19.8 Å². The van der Waals surface area contributed by atoms with Gasteiger partial charge in [-0.15, -0.1) is 0 Å². The van der Waals surface area contributed by atoms with Crippen molar-refractivity contribution in [2.75, 3.05) is 23.9 Å². The van der Waals surface area contributed by atoms with Gasteiger partial charge < -0.3 is 14.8 Å². The van der Waals surface area contributed by atoms with Crippen molar-refractivity contribution in [2.24, 2.45) is 5.92 Å². The predicted octanol–water partition coefficient (Wildman–Crippen LogP) is 4.84. The minimum Gasteiger partial charge on any atom is -0.496 e. The number of rotatable bonds is 8. The lowest BCUT2D eigenvalue weighted by Gasteiger charge is -2.31. The maximum atomic E-state index is 14.2. The lowest BCUT2D eigenvalue weighted by molar-refractivity contribution is -0.122. The minimum absolute atomic E-state index is 0.220. The normalized spacial score (nSPS) is 18.7. The van der Waals surface area contributed by atoms with Gasteiger partial charge in [-0.2, -0.15) is 0 Å². The Balaban J connectivity index is 1.39. The zero-order chi connectivity index (χ0) is 31.8. The summed E-state index contributed by atoms with van der Waals surface area (Å²) < 4.78 is 12.1. The van der Waals surface area contributed by atoms with Crippen molar-refractivity contribution in [1.82, 2.24) is 4.57 Å². The monoisotopic (exact) mass is 643 g/mol. The van der Waals surface area contributed by atoms with Crippen molar-refractivity contribution in [3.05, 3.63) is 104 Å². The van der Waals surface area contributed by atoms with Gasteiger partial charge in [0.2, 0.25) is 17.7 Å². The number of carbonyl (C=O) groups is 4. The molecule has 3 atom stereocenters. The van der Waals surface area contributed by atoms with E-state index in [9.17, 15) is 24.0 Å². The highest BCUT2D eigenvalue weighted by Gasteiger charge is 2.57. The molecule has 1 fully saturated rings. The van der Waals surface area contributed by atoms with E-state index in [1.54, 1.807) is 43.3 Å².